The molecule has 0 N–H and O–H groups in total. The molecule has 0 fully saturated rings. The number of para-hydroxylation sites is 2. The van der Waals surface area contributed by atoms with Gasteiger partial charge in [0.15, 0.2) is 0 Å². The van der Waals surface area contributed by atoms with Gasteiger partial charge >= 0.3 is 0 Å². The van der Waals surface area contributed by atoms with Crippen molar-refractivity contribution in [2.24, 2.45) is 0 Å². The molecule has 286 valence electrons. The third-order valence-corrected chi connectivity index (χ3v) is 13.5. The van der Waals surface area contributed by atoms with E-state index in [2.05, 4.69) is 217 Å². The fraction of sp³-hybridized carbons (Fsp3) is 0. The molecule has 0 atom stereocenters. The van der Waals surface area contributed by atoms with E-state index in [0.29, 0.717) is 0 Å². The molecule has 2 aromatic heterocycles. The van der Waals surface area contributed by atoms with Gasteiger partial charge in [0.05, 0.1) is 11.0 Å². The maximum Gasteiger partial charge on any atom is 0.136 e. The van der Waals surface area contributed by atoms with Crippen molar-refractivity contribution in [1.29, 1.82) is 0 Å². The Bertz CT molecular complexity index is 4150. The Kier molecular flexibility index (Phi) is 6.86. The second-order valence-corrected chi connectivity index (χ2v) is 16.7. The minimum absolute atomic E-state index is 0.893. The smallest absolute Gasteiger partial charge is 0.136 e. The summed E-state index contributed by atoms with van der Waals surface area (Å²) < 4.78 is 9.26. The van der Waals surface area contributed by atoms with Crippen LogP contribution in [0.4, 0.5) is 0 Å². The number of furan rings is 1. The van der Waals surface area contributed by atoms with Crippen LogP contribution < -0.4 is 0 Å². The van der Waals surface area contributed by atoms with E-state index in [1.54, 1.807) is 0 Å². The van der Waals surface area contributed by atoms with Crippen molar-refractivity contribution >= 4 is 108 Å². The van der Waals surface area contributed by atoms with Crippen LogP contribution in [-0.4, -0.2) is 4.57 Å². The number of aromatic nitrogens is 1. The molecule has 14 aromatic rings. The van der Waals surface area contributed by atoms with Crippen LogP contribution in [0.2, 0.25) is 0 Å². The summed E-state index contributed by atoms with van der Waals surface area (Å²) in [6.07, 6.45) is 0. The summed E-state index contributed by atoms with van der Waals surface area (Å²) in [7, 11) is 0. The van der Waals surface area contributed by atoms with Gasteiger partial charge in [-0.1, -0.05) is 158 Å². The standard InChI is InChI=1S/C60H35NO/c1-2-15-39(16-3-1)61-54-25-13-12-19-42(54)52-32-37(28-31-55(52)61)58-45-21-8-10-23-47(45)59(48-24-11-9-22-46(48)58)38-27-29-43-53-34-50-49-30-26-36-14-4-5-17-40(36)60(49)44-20-7-6-18-41(44)51(50)35-57(53)62-56(43)33-38/h1-35H. The third-order valence-electron chi connectivity index (χ3n) is 13.5. The molecular formula is C60H35NO. The Labute approximate surface area is 356 Å². The lowest BCUT2D eigenvalue weighted by atomic mass is 9.85. The minimum Gasteiger partial charge on any atom is -0.456 e. The molecule has 2 heteroatoms. The van der Waals surface area contributed by atoms with E-state index < -0.39 is 0 Å². The van der Waals surface area contributed by atoms with Gasteiger partial charge < -0.3 is 8.98 Å². The minimum atomic E-state index is 0.893. The third kappa shape index (κ3) is 4.64. The van der Waals surface area contributed by atoms with Crippen LogP contribution in [0.3, 0.4) is 0 Å². The molecule has 0 bridgehead atoms. The van der Waals surface area contributed by atoms with E-state index in [4.69, 9.17) is 4.42 Å². The lowest BCUT2D eigenvalue weighted by molar-refractivity contribution is 0.669. The predicted molar refractivity (Wildman–Crippen MR) is 264 cm³/mol. The average Bonchev–Trinajstić information content (AvgIpc) is 3.87. The maximum absolute atomic E-state index is 6.88. The van der Waals surface area contributed by atoms with Crippen molar-refractivity contribution in [3.8, 4) is 27.9 Å². The Balaban J connectivity index is 0.992. The monoisotopic (exact) mass is 785 g/mol. The Hall–Kier alpha value is -8.20. The first-order chi connectivity index (χ1) is 30.8. The van der Waals surface area contributed by atoms with Gasteiger partial charge in [-0.2, -0.15) is 0 Å². The molecule has 0 spiro atoms. The summed E-state index contributed by atoms with van der Waals surface area (Å²) in [5.41, 5.74) is 10.2. The molecule has 2 nitrogen and oxygen atoms in total. The first-order valence-corrected chi connectivity index (χ1v) is 21.4. The van der Waals surface area contributed by atoms with E-state index in [-0.39, 0.29) is 0 Å². The topological polar surface area (TPSA) is 18.1 Å². The zero-order valence-corrected chi connectivity index (χ0v) is 33.6. The van der Waals surface area contributed by atoms with Crippen LogP contribution >= 0.6 is 0 Å². The zero-order chi connectivity index (χ0) is 40.5. The zero-order valence-electron chi connectivity index (χ0n) is 33.6. The van der Waals surface area contributed by atoms with Crippen LogP contribution in [0.15, 0.2) is 217 Å². The van der Waals surface area contributed by atoms with E-state index >= 15 is 0 Å². The summed E-state index contributed by atoms with van der Waals surface area (Å²) >= 11 is 0. The number of fused-ring (bicyclic) bond motifs is 16. The fourth-order valence-corrected chi connectivity index (χ4v) is 10.9. The average molecular weight is 786 g/mol. The molecule has 0 unspecified atom stereocenters. The van der Waals surface area contributed by atoms with Gasteiger partial charge in [-0.15, -0.1) is 0 Å². The number of hydrogen-bond acceptors (Lipinski definition) is 1. The van der Waals surface area contributed by atoms with Gasteiger partial charge in [-0.3, -0.25) is 0 Å². The first kappa shape index (κ1) is 33.6. The lowest BCUT2D eigenvalue weighted by Crippen LogP contribution is -1.93. The number of hydrogen-bond donors (Lipinski definition) is 0. The highest BCUT2D eigenvalue weighted by Crippen LogP contribution is 2.47. The van der Waals surface area contributed by atoms with Gasteiger partial charge in [0.1, 0.15) is 11.2 Å². The van der Waals surface area contributed by atoms with Crippen LogP contribution in [0, 0.1) is 0 Å². The molecule has 0 aliphatic carbocycles. The second-order valence-electron chi connectivity index (χ2n) is 16.7. The van der Waals surface area contributed by atoms with Crippen molar-refractivity contribution in [2.75, 3.05) is 0 Å². The molecule has 14 rings (SSSR count). The highest BCUT2D eigenvalue weighted by Gasteiger charge is 2.21. The van der Waals surface area contributed by atoms with Crippen molar-refractivity contribution < 1.29 is 4.42 Å². The molecular weight excluding hydrogens is 751 g/mol. The van der Waals surface area contributed by atoms with E-state index in [1.807, 2.05) is 0 Å². The largest absolute Gasteiger partial charge is 0.456 e. The molecule has 0 amide bonds. The number of benzene rings is 12. The maximum atomic E-state index is 6.88. The molecule has 2 heterocycles. The Morgan fingerprint density at radius 2 is 0.790 bits per heavy atom. The van der Waals surface area contributed by atoms with E-state index in [1.165, 1.54) is 103 Å². The van der Waals surface area contributed by atoms with Gasteiger partial charge in [-0.05, 0) is 141 Å². The molecule has 62 heavy (non-hydrogen) atoms. The number of nitrogens with zero attached hydrogens (tertiary/aromatic N) is 1. The summed E-state index contributed by atoms with van der Waals surface area (Å²) in [6.45, 7) is 0. The summed E-state index contributed by atoms with van der Waals surface area (Å²) in [5, 5.41) is 19.8. The second kappa shape index (κ2) is 12.7. The molecule has 12 aromatic carbocycles. The lowest BCUT2D eigenvalue weighted by Gasteiger charge is -2.18. The highest BCUT2D eigenvalue weighted by molar-refractivity contribution is 6.33. The van der Waals surface area contributed by atoms with Gasteiger partial charge in [0.25, 0.3) is 0 Å². The van der Waals surface area contributed by atoms with Gasteiger partial charge in [0, 0.05) is 27.2 Å². The first-order valence-electron chi connectivity index (χ1n) is 21.4. The SMILES string of the molecule is c1ccc(-n2c3ccccc3c3cc(-c4c5ccccc5c(-c5ccc6c(c5)oc5cc7c8ccccc8c8c9ccccc9ccc8c7cc56)c5ccccc45)ccc32)cc1. The quantitative estimate of drug-likeness (QED) is 0.129. The molecule has 0 saturated carbocycles. The van der Waals surface area contributed by atoms with Crippen molar-refractivity contribution in [3.05, 3.63) is 212 Å². The summed E-state index contributed by atoms with van der Waals surface area (Å²) in [5.74, 6) is 0. The highest BCUT2D eigenvalue weighted by atomic mass is 16.3. The van der Waals surface area contributed by atoms with Crippen LogP contribution in [-0.2, 0) is 0 Å². The van der Waals surface area contributed by atoms with Crippen molar-refractivity contribution in [2.45, 2.75) is 0 Å². The number of rotatable bonds is 3. The summed E-state index contributed by atoms with van der Waals surface area (Å²) in [4.78, 5) is 0. The molecule has 0 aliphatic heterocycles. The Morgan fingerprint density at radius 1 is 0.274 bits per heavy atom. The van der Waals surface area contributed by atoms with Crippen LogP contribution in [0.1, 0.15) is 0 Å². The van der Waals surface area contributed by atoms with Crippen molar-refractivity contribution in [1.82, 2.24) is 4.57 Å². The van der Waals surface area contributed by atoms with Crippen LogP contribution in [0.5, 0.6) is 0 Å². The predicted octanol–water partition coefficient (Wildman–Crippen LogP) is 16.9. The molecule has 0 saturated heterocycles. The van der Waals surface area contributed by atoms with Crippen LogP contribution in [0.25, 0.3) is 136 Å². The fourth-order valence-electron chi connectivity index (χ4n) is 10.9. The van der Waals surface area contributed by atoms with E-state index in [9.17, 15) is 0 Å². The van der Waals surface area contributed by atoms with Gasteiger partial charge in [-0.25, -0.2) is 0 Å². The normalized spacial score (nSPS) is 12.2. The molecule has 0 aliphatic rings. The molecule has 0 radical (unpaired) electrons. The summed E-state index contributed by atoms with van der Waals surface area (Å²) in [6, 6.07) is 77.9. The van der Waals surface area contributed by atoms with E-state index in [0.717, 1.165) is 33.2 Å². The van der Waals surface area contributed by atoms with Crippen molar-refractivity contribution in [3.63, 3.8) is 0 Å². The van der Waals surface area contributed by atoms with Gasteiger partial charge in [0.2, 0.25) is 0 Å². The Morgan fingerprint density at radius 3 is 1.53 bits per heavy atom.